The third kappa shape index (κ3) is 3.79. The summed E-state index contributed by atoms with van der Waals surface area (Å²) in [4.78, 5) is 11.5. The second kappa shape index (κ2) is 6.44. The number of carbonyl (C=O) groups excluding carboxylic acids is 1. The quantitative estimate of drug-likeness (QED) is 0.777. The highest BCUT2D eigenvalue weighted by Crippen LogP contribution is 2.14. The van der Waals surface area contributed by atoms with Gasteiger partial charge in [-0.25, -0.2) is 0 Å². The van der Waals surface area contributed by atoms with Crippen LogP contribution >= 0.6 is 15.9 Å². The maximum Gasteiger partial charge on any atom is 0.146 e. The lowest BCUT2D eigenvalue weighted by molar-refractivity contribution is -0.118. The molecule has 1 rings (SSSR count). The summed E-state index contributed by atoms with van der Waals surface area (Å²) in [5, 5.41) is 8.66. The highest BCUT2D eigenvalue weighted by molar-refractivity contribution is 9.10. The van der Waals surface area contributed by atoms with Crippen molar-refractivity contribution in [3.05, 3.63) is 35.4 Å². The number of benzene rings is 1. The molecule has 0 saturated carbocycles. The van der Waals surface area contributed by atoms with E-state index in [1.807, 2.05) is 19.1 Å². The van der Waals surface area contributed by atoms with Gasteiger partial charge in [0.15, 0.2) is 0 Å². The molecule has 0 bridgehead atoms. The van der Waals surface area contributed by atoms with Gasteiger partial charge in [-0.15, -0.1) is 0 Å². The third-order valence-corrected chi connectivity index (χ3v) is 3.18. The summed E-state index contributed by atoms with van der Waals surface area (Å²) >= 11 is 3.40. The van der Waals surface area contributed by atoms with E-state index in [1.54, 1.807) is 12.1 Å². The highest BCUT2D eigenvalue weighted by atomic mass is 79.9. The molecule has 0 amide bonds. The Hall–Kier alpha value is -1.14. The molecule has 1 atom stereocenters. The van der Waals surface area contributed by atoms with Gasteiger partial charge in [-0.3, -0.25) is 4.79 Å². The summed E-state index contributed by atoms with van der Waals surface area (Å²) < 4.78 is 0. The summed E-state index contributed by atoms with van der Waals surface area (Å²) in [7, 11) is 0. The van der Waals surface area contributed by atoms with Crippen molar-refractivity contribution in [1.29, 1.82) is 5.26 Å². The average molecular weight is 280 g/mol. The fourth-order valence-corrected chi connectivity index (χ4v) is 2.04. The maximum absolute atomic E-state index is 11.6. The van der Waals surface area contributed by atoms with Gasteiger partial charge in [-0.2, -0.15) is 5.26 Å². The molecule has 1 aromatic carbocycles. The Bertz CT molecular complexity index is 391. The fourth-order valence-electron chi connectivity index (χ4n) is 1.44. The number of rotatable bonds is 5. The molecule has 0 heterocycles. The van der Waals surface area contributed by atoms with Crippen LogP contribution in [0.3, 0.4) is 0 Å². The number of carbonyl (C=O) groups is 1. The predicted molar refractivity (Wildman–Crippen MR) is 67.5 cm³/mol. The van der Waals surface area contributed by atoms with Gasteiger partial charge in [0, 0.05) is 6.42 Å². The standard InChI is InChI=1S/C13H14BrNO/c1-2-3-13(16)12(14)8-10-4-6-11(9-15)7-5-10/h4-7,12H,2-3,8H2,1H3. The van der Waals surface area contributed by atoms with Crippen LogP contribution in [0, 0.1) is 11.3 Å². The number of nitriles is 1. The van der Waals surface area contributed by atoms with Gasteiger partial charge in [0.05, 0.1) is 16.5 Å². The zero-order chi connectivity index (χ0) is 12.0. The van der Waals surface area contributed by atoms with Crippen LogP contribution in [0.5, 0.6) is 0 Å². The molecular formula is C13H14BrNO. The lowest BCUT2D eigenvalue weighted by atomic mass is 10.0. The van der Waals surface area contributed by atoms with Crippen LogP contribution in [0.25, 0.3) is 0 Å². The molecule has 84 valence electrons. The van der Waals surface area contributed by atoms with Gasteiger partial charge < -0.3 is 0 Å². The Morgan fingerprint density at radius 1 is 1.44 bits per heavy atom. The molecule has 0 radical (unpaired) electrons. The van der Waals surface area contributed by atoms with Crippen LogP contribution in [-0.2, 0) is 11.2 Å². The topological polar surface area (TPSA) is 40.9 Å². The highest BCUT2D eigenvalue weighted by Gasteiger charge is 2.13. The van der Waals surface area contributed by atoms with Crippen molar-refractivity contribution in [3.8, 4) is 6.07 Å². The van der Waals surface area contributed by atoms with E-state index in [9.17, 15) is 4.79 Å². The fraction of sp³-hybridized carbons (Fsp3) is 0.385. The zero-order valence-corrected chi connectivity index (χ0v) is 10.8. The molecule has 16 heavy (non-hydrogen) atoms. The number of nitrogens with zero attached hydrogens (tertiary/aromatic N) is 1. The molecule has 0 fully saturated rings. The van der Waals surface area contributed by atoms with Gasteiger partial charge in [-0.05, 0) is 30.5 Å². The van der Waals surface area contributed by atoms with Crippen molar-refractivity contribution in [1.82, 2.24) is 0 Å². The van der Waals surface area contributed by atoms with Crippen LogP contribution in [0.4, 0.5) is 0 Å². The Balaban J connectivity index is 2.59. The van der Waals surface area contributed by atoms with E-state index in [0.717, 1.165) is 12.0 Å². The summed E-state index contributed by atoms with van der Waals surface area (Å²) in [6.45, 7) is 2.00. The van der Waals surface area contributed by atoms with Gasteiger partial charge in [0.2, 0.25) is 0 Å². The molecule has 0 aliphatic carbocycles. The Morgan fingerprint density at radius 3 is 2.56 bits per heavy atom. The van der Waals surface area contributed by atoms with Crippen LogP contribution in [0.1, 0.15) is 30.9 Å². The van der Waals surface area contributed by atoms with E-state index in [-0.39, 0.29) is 10.6 Å². The molecule has 0 spiro atoms. The van der Waals surface area contributed by atoms with E-state index < -0.39 is 0 Å². The number of Topliss-reactive ketones (excluding diaryl/α,β-unsaturated/α-hetero) is 1. The van der Waals surface area contributed by atoms with Crippen LogP contribution < -0.4 is 0 Å². The molecule has 0 aromatic heterocycles. The Labute approximate surface area is 104 Å². The van der Waals surface area contributed by atoms with Crippen molar-refractivity contribution in [3.63, 3.8) is 0 Å². The zero-order valence-electron chi connectivity index (χ0n) is 9.24. The van der Waals surface area contributed by atoms with Crippen molar-refractivity contribution in [2.24, 2.45) is 0 Å². The number of halogens is 1. The summed E-state index contributed by atoms with van der Waals surface area (Å²) in [5.41, 5.74) is 1.72. The minimum atomic E-state index is -0.111. The first-order chi connectivity index (χ1) is 7.67. The van der Waals surface area contributed by atoms with Crippen LogP contribution in [-0.4, -0.2) is 10.6 Å². The second-order valence-electron chi connectivity index (χ2n) is 3.70. The minimum Gasteiger partial charge on any atom is -0.298 e. The number of hydrogen-bond acceptors (Lipinski definition) is 2. The SMILES string of the molecule is CCCC(=O)C(Br)Cc1ccc(C#N)cc1. The van der Waals surface area contributed by atoms with Crippen molar-refractivity contribution < 1.29 is 4.79 Å². The Kier molecular flexibility index (Phi) is 5.21. The van der Waals surface area contributed by atoms with Crippen molar-refractivity contribution >= 4 is 21.7 Å². The Morgan fingerprint density at radius 2 is 2.06 bits per heavy atom. The lowest BCUT2D eigenvalue weighted by Gasteiger charge is -2.08. The molecule has 0 aliphatic rings. The number of hydrogen-bond donors (Lipinski definition) is 0. The summed E-state index contributed by atoms with van der Waals surface area (Å²) in [5.74, 6) is 0.242. The van der Waals surface area contributed by atoms with Crippen molar-refractivity contribution in [2.45, 2.75) is 31.0 Å². The second-order valence-corrected chi connectivity index (χ2v) is 4.80. The largest absolute Gasteiger partial charge is 0.298 e. The number of ketones is 1. The molecule has 1 aromatic rings. The van der Waals surface area contributed by atoms with Gasteiger partial charge in [0.25, 0.3) is 0 Å². The van der Waals surface area contributed by atoms with E-state index in [2.05, 4.69) is 22.0 Å². The van der Waals surface area contributed by atoms with E-state index >= 15 is 0 Å². The smallest absolute Gasteiger partial charge is 0.146 e. The van der Waals surface area contributed by atoms with Crippen molar-refractivity contribution in [2.75, 3.05) is 0 Å². The lowest BCUT2D eigenvalue weighted by Crippen LogP contribution is -2.16. The van der Waals surface area contributed by atoms with E-state index in [1.165, 1.54) is 0 Å². The first-order valence-electron chi connectivity index (χ1n) is 5.33. The first kappa shape index (κ1) is 12.9. The molecule has 1 unspecified atom stereocenters. The maximum atomic E-state index is 11.6. The molecule has 0 aliphatic heterocycles. The molecule has 3 heteroatoms. The van der Waals surface area contributed by atoms with Gasteiger partial charge in [0.1, 0.15) is 5.78 Å². The number of alkyl halides is 1. The van der Waals surface area contributed by atoms with Crippen LogP contribution in [0.15, 0.2) is 24.3 Å². The molecule has 2 nitrogen and oxygen atoms in total. The third-order valence-electron chi connectivity index (χ3n) is 2.34. The predicted octanol–water partition coefficient (Wildman–Crippen LogP) is 3.23. The summed E-state index contributed by atoms with van der Waals surface area (Å²) in [6, 6.07) is 9.42. The van der Waals surface area contributed by atoms with E-state index in [4.69, 9.17) is 5.26 Å². The normalized spacial score (nSPS) is 11.8. The van der Waals surface area contributed by atoms with E-state index in [0.29, 0.717) is 18.4 Å². The van der Waals surface area contributed by atoms with Crippen LogP contribution in [0.2, 0.25) is 0 Å². The minimum absolute atomic E-state index is 0.111. The summed E-state index contributed by atoms with van der Waals surface area (Å²) in [6.07, 6.45) is 2.19. The molecular weight excluding hydrogens is 266 g/mol. The average Bonchev–Trinajstić information content (AvgIpc) is 2.30. The van der Waals surface area contributed by atoms with Gasteiger partial charge >= 0.3 is 0 Å². The molecule has 0 N–H and O–H groups in total. The molecule has 0 saturated heterocycles. The van der Waals surface area contributed by atoms with Gasteiger partial charge in [-0.1, -0.05) is 35.0 Å². The first-order valence-corrected chi connectivity index (χ1v) is 6.24. The monoisotopic (exact) mass is 279 g/mol.